The summed E-state index contributed by atoms with van der Waals surface area (Å²) < 4.78 is 11.5. The number of ether oxygens (including phenoxy) is 2. The standard InChI is InChI=1S/C13H11N3O3/c1-18-9-4-6-10-8(7-9)3-5-11-12(13(17)19-2)14-15-16(10)11/h3-7H,1-2H3. The molecule has 0 saturated heterocycles. The van der Waals surface area contributed by atoms with Crippen molar-refractivity contribution >= 4 is 22.4 Å². The van der Waals surface area contributed by atoms with Gasteiger partial charge in [0.25, 0.3) is 0 Å². The van der Waals surface area contributed by atoms with Crippen LogP contribution in [0.25, 0.3) is 16.4 Å². The van der Waals surface area contributed by atoms with E-state index >= 15 is 0 Å². The number of fused-ring (bicyclic) bond motifs is 3. The fourth-order valence-corrected chi connectivity index (χ4v) is 2.01. The van der Waals surface area contributed by atoms with Crippen LogP contribution in [0.1, 0.15) is 10.5 Å². The van der Waals surface area contributed by atoms with Crippen LogP contribution in [0.15, 0.2) is 30.3 Å². The summed E-state index contributed by atoms with van der Waals surface area (Å²) in [6.45, 7) is 0. The van der Waals surface area contributed by atoms with Gasteiger partial charge in [-0.1, -0.05) is 11.3 Å². The van der Waals surface area contributed by atoms with Crippen LogP contribution in [0.5, 0.6) is 5.75 Å². The molecule has 0 atom stereocenters. The van der Waals surface area contributed by atoms with Crippen LogP contribution in [0.3, 0.4) is 0 Å². The molecule has 0 aliphatic heterocycles. The molecule has 0 saturated carbocycles. The Morgan fingerprint density at radius 2 is 1.95 bits per heavy atom. The van der Waals surface area contributed by atoms with E-state index < -0.39 is 5.97 Å². The van der Waals surface area contributed by atoms with Gasteiger partial charge in [-0.05, 0) is 24.3 Å². The molecular formula is C13H11N3O3. The molecule has 0 N–H and O–H groups in total. The first-order valence-electron chi connectivity index (χ1n) is 5.65. The van der Waals surface area contributed by atoms with Crippen LogP contribution in [0, 0.1) is 0 Å². The monoisotopic (exact) mass is 257 g/mol. The summed E-state index contributed by atoms with van der Waals surface area (Å²) in [7, 11) is 2.93. The lowest BCUT2D eigenvalue weighted by Gasteiger charge is -2.04. The van der Waals surface area contributed by atoms with Gasteiger partial charge in [0.1, 0.15) is 11.3 Å². The molecule has 2 heterocycles. The Balaban J connectivity index is 2.30. The average molecular weight is 257 g/mol. The van der Waals surface area contributed by atoms with Crippen molar-refractivity contribution in [3.63, 3.8) is 0 Å². The van der Waals surface area contributed by atoms with Crippen LogP contribution in [-0.2, 0) is 4.74 Å². The van der Waals surface area contributed by atoms with Crippen LogP contribution < -0.4 is 4.74 Å². The largest absolute Gasteiger partial charge is 0.497 e. The Labute approximate surface area is 108 Å². The molecule has 96 valence electrons. The number of aromatic nitrogens is 3. The van der Waals surface area contributed by atoms with Crippen molar-refractivity contribution < 1.29 is 14.3 Å². The number of nitrogens with zero attached hydrogens (tertiary/aromatic N) is 3. The first kappa shape index (κ1) is 11.5. The second kappa shape index (κ2) is 4.24. The maximum Gasteiger partial charge on any atom is 0.360 e. The van der Waals surface area contributed by atoms with Gasteiger partial charge in [0.05, 0.1) is 19.7 Å². The van der Waals surface area contributed by atoms with Crippen molar-refractivity contribution in [3.05, 3.63) is 36.0 Å². The number of benzene rings is 1. The molecule has 0 unspecified atom stereocenters. The van der Waals surface area contributed by atoms with E-state index in [1.807, 2.05) is 24.3 Å². The SMILES string of the molecule is COC(=O)c1nnn2c1ccc1cc(OC)ccc12. The number of carbonyl (C=O) groups is 1. The average Bonchev–Trinajstić information content (AvgIpc) is 2.89. The molecule has 2 aromatic heterocycles. The van der Waals surface area contributed by atoms with Crippen molar-refractivity contribution in [2.75, 3.05) is 14.2 Å². The quantitative estimate of drug-likeness (QED) is 0.653. The number of hydrogen-bond donors (Lipinski definition) is 0. The Morgan fingerprint density at radius 1 is 1.16 bits per heavy atom. The summed E-state index contributed by atoms with van der Waals surface area (Å²) in [5, 5.41) is 8.81. The van der Waals surface area contributed by atoms with E-state index in [1.54, 1.807) is 17.7 Å². The van der Waals surface area contributed by atoms with Crippen molar-refractivity contribution in [1.29, 1.82) is 0 Å². The lowest BCUT2D eigenvalue weighted by atomic mass is 10.2. The van der Waals surface area contributed by atoms with Crippen LogP contribution >= 0.6 is 0 Å². The molecule has 6 heteroatoms. The van der Waals surface area contributed by atoms with Crippen LogP contribution in [-0.4, -0.2) is 35.0 Å². The van der Waals surface area contributed by atoms with E-state index in [1.165, 1.54) is 7.11 Å². The van der Waals surface area contributed by atoms with Crippen LogP contribution in [0.2, 0.25) is 0 Å². The highest BCUT2D eigenvalue weighted by Crippen LogP contribution is 2.22. The van der Waals surface area contributed by atoms with Crippen molar-refractivity contribution in [1.82, 2.24) is 14.8 Å². The number of hydrogen-bond acceptors (Lipinski definition) is 5. The maximum atomic E-state index is 11.6. The minimum Gasteiger partial charge on any atom is -0.497 e. The van der Waals surface area contributed by atoms with Gasteiger partial charge in [-0.15, -0.1) is 5.10 Å². The van der Waals surface area contributed by atoms with Gasteiger partial charge in [-0.3, -0.25) is 0 Å². The summed E-state index contributed by atoms with van der Waals surface area (Å²) in [6.07, 6.45) is 0. The van der Waals surface area contributed by atoms with Crippen molar-refractivity contribution in [2.45, 2.75) is 0 Å². The first-order chi connectivity index (χ1) is 9.24. The van der Waals surface area contributed by atoms with Gasteiger partial charge >= 0.3 is 5.97 Å². The Morgan fingerprint density at radius 3 is 2.68 bits per heavy atom. The number of rotatable bonds is 2. The molecule has 0 aliphatic rings. The highest BCUT2D eigenvalue weighted by Gasteiger charge is 2.16. The molecule has 6 nitrogen and oxygen atoms in total. The normalized spacial score (nSPS) is 10.8. The summed E-state index contributed by atoms with van der Waals surface area (Å²) in [5.41, 5.74) is 1.67. The Kier molecular flexibility index (Phi) is 2.56. The lowest BCUT2D eigenvalue weighted by Crippen LogP contribution is -2.02. The van der Waals surface area contributed by atoms with Crippen molar-refractivity contribution in [2.24, 2.45) is 0 Å². The molecule has 0 radical (unpaired) electrons. The van der Waals surface area contributed by atoms with Gasteiger partial charge in [0.15, 0.2) is 5.69 Å². The maximum absolute atomic E-state index is 11.6. The van der Waals surface area contributed by atoms with Gasteiger partial charge in [0.2, 0.25) is 0 Å². The van der Waals surface area contributed by atoms with Gasteiger partial charge < -0.3 is 9.47 Å². The van der Waals surface area contributed by atoms with Crippen molar-refractivity contribution in [3.8, 4) is 5.75 Å². The molecule has 0 fully saturated rings. The minimum atomic E-state index is -0.497. The second-order valence-electron chi connectivity index (χ2n) is 3.98. The number of pyridine rings is 1. The first-order valence-corrected chi connectivity index (χ1v) is 5.65. The zero-order valence-electron chi connectivity index (χ0n) is 10.5. The smallest absolute Gasteiger partial charge is 0.360 e. The third-order valence-corrected chi connectivity index (χ3v) is 2.97. The molecular weight excluding hydrogens is 246 g/mol. The van der Waals surface area contributed by atoms with E-state index in [9.17, 15) is 4.79 Å². The molecule has 0 bridgehead atoms. The van der Waals surface area contributed by atoms with E-state index in [0.29, 0.717) is 5.52 Å². The van der Waals surface area contributed by atoms with Gasteiger partial charge in [-0.25, -0.2) is 9.31 Å². The summed E-state index contributed by atoms with van der Waals surface area (Å²) in [4.78, 5) is 11.6. The summed E-state index contributed by atoms with van der Waals surface area (Å²) in [5.74, 6) is 0.267. The molecule has 3 aromatic rings. The molecule has 0 amide bonds. The third-order valence-electron chi connectivity index (χ3n) is 2.97. The molecule has 0 aliphatic carbocycles. The van der Waals surface area contributed by atoms with E-state index in [0.717, 1.165) is 16.7 Å². The Bertz CT molecular complexity index is 779. The van der Waals surface area contributed by atoms with Crippen LogP contribution in [0.4, 0.5) is 0 Å². The molecule has 0 spiro atoms. The molecule has 1 aromatic carbocycles. The van der Waals surface area contributed by atoms with E-state index in [-0.39, 0.29) is 5.69 Å². The fraction of sp³-hybridized carbons (Fsp3) is 0.154. The summed E-state index contributed by atoms with van der Waals surface area (Å²) >= 11 is 0. The third kappa shape index (κ3) is 1.69. The zero-order valence-corrected chi connectivity index (χ0v) is 10.5. The predicted molar refractivity (Wildman–Crippen MR) is 68.4 cm³/mol. The summed E-state index contributed by atoms with van der Waals surface area (Å²) in [6, 6.07) is 9.28. The highest BCUT2D eigenvalue weighted by atomic mass is 16.5. The van der Waals surface area contributed by atoms with Gasteiger partial charge in [0, 0.05) is 5.39 Å². The topological polar surface area (TPSA) is 65.7 Å². The van der Waals surface area contributed by atoms with E-state index in [4.69, 9.17) is 4.74 Å². The highest BCUT2D eigenvalue weighted by molar-refractivity contribution is 5.96. The molecule has 19 heavy (non-hydrogen) atoms. The number of methoxy groups -OCH3 is 2. The minimum absolute atomic E-state index is 0.209. The fourth-order valence-electron chi connectivity index (χ4n) is 2.01. The van der Waals surface area contributed by atoms with Gasteiger partial charge in [-0.2, -0.15) is 0 Å². The zero-order chi connectivity index (χ0) is 13.4. The second-order valence-corrected chi connectivity index (χ2v) is 3.98. The lowest BCUT2D eigenvalue weighted by molar-refractivity contribution is 0.0596. The number of carbonyl (C=O) groups excluding carboxylic acids is 1. The number of esters is 1. The molecule has 3 rings (SSSR count). The Hall–Kier alpha value is -2.63. The van der Waals surface area contributed by atoms with E-state index in [2.05, 4.69) is 15.0 Å². The predicted octanol–water partition coefficient (Wildman–Crippen LogP) is 1.68.